The third-order valence-corrected chi connectivity index (χ3v) is 2.61. The quantitative estimate of drug-likeness (QED) is 0.876. The van der Waals surface area contributed by atoms with Crippen molar-refractivity contribution in [1.82, 2.24) is 9.55 Å². The van der Waals surface area contributed by atoms with Gasteiger partial charge in [-0.1, -0.05) is 6.07 Å². The van der Waals surface area contributed by atoms with Gasteiger partial charge in [0.05, 0.1) is 12.1 Å². The van der Waals surface area contributed by atoms with Gasteiger partial charge in [0.1, 0.15) is 18.2 Å². The Hall–Kier alpha value is -2.30. The number of ether oxygens (including phenoxy) is 1. The maximum atomic E-state index is 10.8. The van der Waals surface area contributed by atoms with E-state index >= 15 is 0 Å². The molecule has 0 saturated carbocycles. The molecule has 0 amide bonds. The molecule has 1 N–H and O–H groups in total. The molecule has 0 aliphatic carbocycles. The van der Waals surface area contributed by atoms with Crippen LogP contribution in [0.5, 0.6) is 5.75 Å². The Bertz CT molecular complexity index is 549. The van der Waals surface area contributed by atoms with E-state index in [0.717, 1.165) is 5.82 Å². The number of rotatable bonds is 5. The molecule has 18 heavy (non-hydrogen) atoms. The highest BCUT2D eigenvalue weighted by molar-refractivity contribution is 5.87. The summed E-state index contributed by atoms with van der Waals surface area (Å²) >= 11 is 0. The second kappa shape index (κ2) is 5.35. The summed E-state index contributed by atoms with van der Waals surface area (Å²) in [7, 11) is 0. The van der Waals surface area contributed by atoms with E-state index in [-0.39, 0.29) is 5.56 Å². The van der Waals surface area contributed by atoms with Crippen molar-refractivity contribution in [3.63, 3.8) is 0 Å². The molecule has 0 atom stereocenters. The smallest absolute Gasteiger partial charge is 0.335 e. The third-order valence-electron chi connectivity index (χ3n) is 2.61. The zero-order valence-corrected chi connectivity index (χ0v) is 10.0. The van der Waals surface area contributed by atoms with Gasteiger partial charge in [0, 0.05) is 12.4 Å². The van der Waals surface area contributed by atoms with Gasteiger partial charge in [-0.3, -0.25) is 0 Å². The number of aromatic nitrogens is 2. The van der Waals surface area contributed by atoms with Crippen molar-refractivity contribution in [2.75, 3.05) is 6.61 Å². The summed E-state index contributed by atoms with van der Waals surface area (Å²) in [5.74, 6) is 0.538. The van der Waals surface area contributed by atoms with E-state index in [1.165, 1.54) is 12.1 Å². The van der Waals surface area contributed by atoms with Crippen molar-refractivity contribution in [1.29, 1.82) is 0 Å². The van der Waals surface area contributed by atoms with Crippen molar-refractivity contribution in [3.05, 3.63) is 48.0 Å². The first kappa shape index (κ1) is 12.2. The minimum absolute atomic E-state index is 0.228. The fourth-order valence-corrected chi connectivity index (χ4v) is 1.62. The summed E-state index contributed by atoms with van der Waals surface area (Å²) in [6.07, 6.45) is 3.62. The molecular formula is C13H14N2O3. The highest BCUT2D eigenvalue weighted by Crippen LogP contribution is 2.13. The zero-order chi connectivity index (χ0) is 13.0. The van der Waals surface area contributed by atoms with Crippen LogP contribution in [0, 0.1) is 6.92 Å². The van der Waals surface area contributed by atoms with Crippen molar-refractivity contribution in [2.24, 2.45) is 0 Å². The number of carboxylic acids is 1. The lowest BCUT2D eigenvalue weighted by Crippen LogP contribution is -2.09. The van der Waals surface area contributed by atoms with Crippen molar-refractivity contribution >= 4 is 5.97 Å². The van der Waals surface area contributed by atoms with Crippen LogP contribution in [0.25, 0.3) is 0 Å². The predicted octanol–water partition coefficient (Wildman–Crippen LogP) is 1.97. The fourth-order valence-electron chi connectivity index (χ4n) is 1.62. The second-order valence-electron chi connectivity index (χ2n) is 3.85. The molecule has 2 rings (SSSR count). The molecule has 5 heteroatoms. The van der Waals surface area contributed by atoms with Crippen LogP contribution in [0.2, 0.25) is 0 Å². The summed E-state index contributed by atoms with van der Waals surface area (Å²) < 4.78 is 7.49. The molecule has 2 aromatic rings. The van der Waals surface area contributed by atoms with E-state index in [1.54, 1.807) is 18.3 Å². The largest absolute Gasteiger partial charge is 0.492 e. The molecule has 94 valence electrons. The monoisotopic (exact) mass is 246 g/mol. The third kappa shape index (κ3) is 2.88. The van der Waals surface area contributed by atoms with Gasteiger partial charge in [-0.15, -0.1) is 0 Å². The fraction of sp³-hybridized carbons (Fsp3) is 0.231. The van der Waals surface area contributed by atoms with Crippen LogP contribution in [-0.4, -0.2) is 27.2 Å². The van der Waals surface area contributed by atoms with Gasteiger partial charge >= 0.3 is 5.97 Å². The average Bonchev–Trinajstić information content (AvgIpc) is 2.76. The molecule has 0 radical (unpaired) electrons. The Morgan fingerprint density at radius 3 is 3.00 bits per heavy atom. The van der Waals surface area contributed by atoms with Gasteiger partial charge in [0.2, 0.25) is 0 Å². The van der Waals surface area contributed by atoms with E-state index in [4.69, 9.17) is 9.84 Å². The van der Waals surface area contributed by atoms with E-state index < -0.39 is 5.97 Å². The molecule has 0 fully saturated rings. The number of hydrogen-bond acceptors (Lipinski definition) is 3. The predicted molar refractivity (Wildman–Crippen MR) is 65.9 cm³/mol. The Morgan fingerprint density at radius 2 is 2.33 bits per heavy atom. The number of benzene rings is 1. The van der Waals surface area contributed by atoms with Crippen LogP contribution >= 0.6 is 0 Å². The van der Waals surface area contributed by atoms with E-state index in [0.29, 0.717) is 18.9 Å². The van der Waals surface area contributed by atoms with Crippen LogP contribution in [0.1, 0.15) is 16.2 Å². The highest BCUT2D eigenvalue weighted by Gasteiger charge is 2.04. The molecule has 1 heterocycles. The van der Waals surface area contributed by atoms with E-state index in [9.17, 15) is 4.79 Å². The average molecular weight is 246 g/mol. The van der Waals surface area contributed by atoms with Crippen LogP contribution in [0.3, 0.4) is 0 Å². The first-order chi connectivity index (χ1) is 8.66. The SMILES string of the molecule is Cc1nccn1CCOc1cccc(C(=O)O)c1. The molecule has 0 aliphatic rings. The molecule has 1 aromatic carbocycles. The molecule has 0 spiro atoms. The van der Waals surface area contributed by atoms with Crippen LogP contribution in [-0.2, 0) is 6.54 Å². The minimum Gasteiger partial charge on any atom is -0.492 e. The zero-order valence-electron chi connectivity index (χ0n) is 10.0. The first-order valence-corrected chi connectivity index (χ1v) is 5.61. The summed E-state index contributed by atoms with van der Waals surface area (Å²) in [6, 6.07) is 6.47. The van der Waals surface area contributed by atoms with Gasteiger partial charge in [0.25, 0.3) is 0 Å². The van der Waals surface area contributed by atoms with E-state index in [2.05, 4.69) is 4.98 Å². The van der Waals surface area contributed by atoms with E-state index in [1.807, 2.05) is 17.7 Å². The maximum absolute atomic E-state index is 10.8. The Morgan fingerprint density at radius 1 is 1.50 bits per heavy atom. The number of carbonyl (C=O) groups is 1. The van der Waals surface area contributed by atoms with Crippen molar-refractivity contribution in [3.8, 4) is 5.75 Å². The number of aromatic carboxylic acids is 1. The maximum Gasteiger partial charge on any atom is 0.335 e. The van der Waals surface area contributed by atoms with Crippen molar-refractivity contribution in [2.45, 2.75) is 13.5 Å². The minimum atomic E-state index is -0.953. The van der Waals surface area contributed by atoms with Gasteiger partial charge < -0.3 is 14.4 Å². The number of hydrogen-bond donors (Lipinski definition) is 1. The second-order valence-corrected chi connectivity index (χ2v) is 3.85. The molecule has 0 unspecified atom stereocenters. The topological polar surface area (TPSA) is 64.4 Å². The molecule has 5 nitrogen and oxygen atoms in total. The number of imidazole rings is 1. The lowest BCUT2D eigenvalue weighted by Gasteiger charge is -2.08. The lowest BCUT2D eigenvalue weighted by atomic mass is 10.2. The van der Waals surface area contributed by atoms with Crippen LogP contribution in [0.4, 0.5) is 0 Å². The molecule has 0 bridgehead atoms. The summed E-state index contributed by atoms with van der Waals surface area (Å²) in [5.41, 5.74) is 0.228. The summed E-state index contributed by atoms with van der Waals surface area (Å²) in [4.78, 5) is 14.9. The van der Waals surface area contributed by atoms with Gasteiger partial charge in [0.15, 0.2) is 0 Å². The summed E-state index contributed by atoms with van der Waals surface area (Å²) in [5, 5.41) is 8.85. The number of aryl methyl sites for hydroxylation is 1. The Kier molecular flexibility index (Phi) is 3.62. The van der Waals surface area contributed by atoms with Gasteiger partial charge in [-0.2, -0.15) is 0 Å². The molecule has 1 aromatic heterocycles. The molecular weight excluding hydrogens is 232 g/mol. The normalized spacial score (nSPS) is 10.3. The van der Waals surface area contributed by atoms with Crippen LogP contribution < -0.4 is 4.74 Å². The number of nitrogens with zero attached hydrogens (tertiary/aromatic N) is 2. The summed E-state index contributed by atoms with van der Waals surface area (Å²) in [6.45, 7) is 3.08. The Labute approximate surface area is 105 Å². The Balaban J connectivity index is 1.92. The standard InChI is InChI=1S/C13H14N2O3/c1-10-14-5-6-15(10)7-8-18-12-4-2-3-11(9-12)13(16)17/h2-6,9H,7-8H2,1H3,(H,16,17). The van der Waals surface area contributed by atoms with Gasteiger partial charge in [-0.05, 0) is 25.1 Å². The lowest BCUT2D eigenvalue weighted by molar-refractivity contribution is 0.0696. The first-order valence-electron chi connectivity index (χ1n) is 5.61. The number of carboxylic acid groups (broad SMARTS) is 1. The molecule has 0 aliphatic heterocycles. The highest BCUT2D eigenvalue weighted by atomic mass is 16.5. The van der Waals surface area contributed by atoms with Crippen LogP contribution in [0.15, 0.2) is 36.7 Å². The van der Waals surface area contributed by atoms with Gasteiger partial charge in [-0.25, -0.2) is 9.78 Å². The molecule has 0 saturated heterocycles. The van der Waals surface area contributed by atoms with Crippen molar-refractivity contribution < 1.29 is 14.6 Å².